The summed E-state index contributed by atoms with van der Waals surface area (Å²) in [5, 5.41) is 9.46. The number of aliphatic carboxylic acids is 1. The number of carboxylic acids is 1. The van der Waals surface area contributed by atoms with E-state index in [-0.39, 0.29) is 23.4 Å². The largest absolute Gasteiger partial charge is 0.481 e. The number of carbonyl (C=O) groups is 1. The molecule has 3 nitrogen and oxygen atoms in total. The zero-order valence-corrected chi connectivity index (χ0v) is 21.7. The molecule has 0 aromatic heterocycles. The molecule has 35 heavy (non-hydrogen) atoms. The number of benzene rings is 1. The van der Waals surface area contributed by atoms with Crippen LogP contribution in [-0.4, -0.2) is 34.5 Å². The topological polar surface area (TPSA) is 40.5 Å². The third-order valence-electron chi connectivity index (χ3n) is 6.88. The van der Waals surface area contributed by atoms with Gasteiger partial charge >= 0.3 is 12.1 Å². The van der Waals surface area contributed by atoms with Gasteiger partial charge in [-0.3, -0.25) is 9.69 Å². The van der Waals surface area contributed by atoms with Gasteiger partial charge < -0.3 is 5.11 Å². The van der Waals surface area contributed by atoms with Crippen molar-refractivity contribution in [3.8, 4) is 0 Å². The van der Waals surface area contributed by atoms with Crippen molar-refractivity contribution in [2.24, 2.45) is 16.7 Å². The van der Waals surface area contributed by atoms with Crippen molar-refractivity contribution in [2.75, 3.05) is 6.54 Å². The fourth-order valence-electron chi connectivity index (χ4n) is 4.89. The predicted octanol–water partition coefficient (Wildman–Crippen LogP) is 8.20. The summed E-state index contributed by atoms with van der Waals surface area (Å²) in [6, 6.07) is 3.20. The summed E-state index contributed by atoms with van der Waals surface area (Å²) in [4.78, 5) is 13.6. The van der Waals surface area contributed by atoms with E-state index >= 15 is 8.78 Å². The Kier molecular flexibility index (Phi) is 9.05. The zero-order chi connectivity index (χ0) is 26.8. The Balaban J connectivity index is 2.54. The van der Waals surface area contributed by atoms with E-state index < -0.39 is 48.4 Å². The Labute approximate surface area is 206 Å². The quantitative estimate of drug-likeness (QED) is 0.362. The van der Waals surface area contributed by atoms with E-state index in [2.05, 4.69) is 41.5 Å². The van der Waals surface area contributed by atoms with E-state index in [1.165, 1.54) is 12.1 Å². The van der Waals surface area contributed by atoms with Crippen molar-refractivity contribution in [2.45, 2.75) is 104 Å². The first-order chi connectivity index (χ1) is 15.8. The number of likely N-dealkylation sites (tertiary alicyclic amines) is 1. The standard InChI is InChI=1S/C27H40F5NO2/c1-24(2,3)13-11-20(12-14-25(4,5)6)33-16-15-26(28,29)21(17-22(34)35)23(33)18-7-9-19(10-8-18)27(30,31)32/h7-10,20-21,23H,11-17H2,1-6H3,(H,34,35). The molecular weight excluding hydrogens is 465 g/mol. The highest BCUT2D eigenvalue weighted by atomic mass is 19.4. The molecule has 1 fully saturated rings. The maximum atomic E-state index is 15.2. The van der Waals surface area contributed by atoms with E-state index in [4.69, 9.17) is 0 Å². The average Bonchev–Trinajstić information content (AvgIpc) is 2.67. The third kappa shape index (κ3) is 8.72. The van der Waals surface area contributed by atoms with Gasteiger partial charge in [0.15, 0.2) is 0 Å². The molecular formula is C27H40F5NO2. The molecule has 0 amide bonds. The minimum atomic E-state index is -4.54. The molecule has 2 unspecified atom stereocenters. The van der Waals surface area contributed by atoms with Crippen molar-refractivity contribution in [1.29, 1.82) is 0 Å². The number of piperidine rings is 1. The molecule has 1 heterocycles. The molecule has 0 aliphatic carbocycles. The van der Waals surface area contributed by atoms with Crippen LogP contribution in [0.3, 0.4) is 0 Å². The number of hydrogen-bond acceptors (Lipinski definition) is 2. The van der Waals surface area contributed by atoms with Crippen molar-refractivity contribution in [1.82, 2.24) is 4.90 Å². The monoisotopic (exact) mass is 505 g/mol. The predicted molar refractivity (Wildman–Crippen MR) is 127 cm³/mol. The lowest BCUT2D eigenvalue weighted by Crippen LogP contribution is -2.53. The van der Waals surface area contributed by atoms with E-state index in [9.17, 15) is 23.1 Å². The highest BCUT2D eigenvalue weighted by Gasteiger charge is 2.52. The fourth-order valence-corrected chi connectivity index (χ4v) is 4.89. The van der Waals surface area contributed by atoms with Crippen molar-refractivity contribution >= 4 is 5.97 Å². The Morgan fingerprint density at radius 2 is 1.49 bits per heavy atom. The average molecular weight is 506 g/mol. The van der Waals surface area contributed by atoms with Crippen LogP contribution in [0.1, 0.15) is 97.2 Å². The summed E-state index contributed by atoms with van der Waals surface area (Å²) >= 11 is 0. The lowest BCUT2D eigenvalue weighted by atomic mass is 9.77. The second kappa shape index (κ2) is 10.7. The highest BCUT2D eigenvalue weighted by molar-refractivity contribution is 5.67. The van der Waals surface area contributed by atoms with Gasteiger partial charge in [0.1, 0.15) is 0 Å². The first-order valence-corrected chi connectivity index (χ1v) is 12.3. The highest BCUT2D eigenvalue weighted by Crippen LogP contribution is 2.49. The number of carboxylic acid groups (broad SMARTS) is 1. The fraction of sp³-hybridized carbons (Fsp3) is 0.741. The lowest BCUT2D eigenvalue weighted by Gasteiger charge is -2.49. The summed E-state index contributed by atoms with van der Waals surface area (Å²) in [7, 11) is 0. The molecule has 2 rings (SSSR count). The van der Waals surface area contributed by atoms with Gasteiger partial charge in [0.25, 0.3) is 5.92 Å². The van der Waals surface area contributed by atoms with Crippen LogP contribution in [0.15, 0.2) is 24.3 Å². The Morgan fingerprint density at radius 3 is 1.89 bits per heavy atom. The molecule has 0 bridgehead atoms. The number of rotatable bonds is 8. The third-order valence-corrected chi connectivity index (χ3v) is 6.88. The molecule has 1 N–H and O–H groups in total. The van der Waals surface area contributed by atoms with Crippen LogP contribution in [-0.2, 0) is 11.0 Å². The maximum absolute atomic E-state index is 15.2. The molecule has 8 heteroatoms. The number of nitrogens with zero attached hydrogens (tertiary/aromatic N) is 1. The summed E-state index contributed by atoms with van der Waals surface area (Å²) in [6.07, 6.45) is -2.60. The minimum absolute atomic E-state index is 0.0179. The molecule has 0 radical (unpaired) electrons. The Bertz CT molecular complexity index is 819. The van der Waals surface area contributed by atoms with Gasteiger partial charge in [0, 0.05) is 25.0 Å². The lowest BCUT2D eigenvalue weighted by molar-refractivity contribution is -0.163. The summed E-state index contributed by atoms with van der Waals surface area (Å²) in [5.74, 6) is -6.10. The van der Waals surface area contributed by atoms with Gasteiger partial charge in [0.05, 0.1) is 17.9 Å². The Morgan fingerprint density at radius 1 is 1.00 bits per heavy atom. The van der Waals surface area contributed by atoms with E-state index in [1.54, 1.807) is 0 Å². The molecule has 2 atom stereocenters. The molecule has 1 saturated heterocycles. The SMILES string of the molecule is CC(C)(C)CCC(CCC(C)(C)C)N1CCC(F)(F)C(CC(=O)O)C1c1ccc(C(F)(F)F)cc1. The second-order valence-electron chi connectivity index (χ2n) is 12.4. The van der Waals surface area contributed by atoms with Gasteiger partial charge in [-0.1, -0.05) is 53.7 Å². The number of hydrogen-bond donors (Lipinski definition) is 1. The molecule has 1 aromatic carbocycles. The van der Waals surface area contributed by atoms with Crippen LogP contribution in [0.2, 0.25) is 0 Å². The van der Waals surface area contributed by atoms with Crippen LogP contribution < -0.4 is 0 Å². The van der Waals surface area contributed by atoms with Gasteiger partial charge in [-0.05, 0) is 54.2 Å². The van der Waals surface area contributed by atoms with Crippen molar-refractivity contribution in [3.05, 3.63) is 35.4 Å². The maximum Gasteiger partial charge on any atom is 0.416 e. The molecule has 0 spiro atoms. The summed E-state index contributed by atoms with van der Waals surface area (Å²) < 4.78 is 69.8. The number of halogens is 5. The van der Waals surface area contributed by atoms with Crippen molar-refractivity contribution in [3.63, 3.8) is 0 Å². The van der Waals surface area contributed by atoms with Crippen LogP contribution in [0.25, 0.3) is 0 Å². The Hall–Kier alpha value is -1.70. The smallest absolute Gasteiger partial charge is 0.416 e. The van der Waals surface area contributed by atoms with Gasteiger partial charge in [-0.15, -0.1) is 0 Å². The van der Waals surface area contributed by atoms with Gasteiger partial charge in [0.2, 0.25) is 0 Å². The first kappa shape index (κ1) is 29.5. The van der Waals surface area contributed by atoms with Crippen LogP contribution in [0, 0.1) is 16.7 Å². The molecule has 1 aliphatic rings. The number of alkyl halides is 5. The summed E-state index contributed by atoms with van der Waals surface area (Å²) in [5.41, 5.74) is -0.518. The molecule has 200 valence electrons. The molecule has 1 aromatic rings. The van der Waals surface area contributed by atoms with Crippen molar-refractivity contribution < 1.29 is 31.9 Å². The minimum Gasteiger partial charge on any atom is -0.481 e. The second-order valence-corrected chi connectivity index (χ2v) is 12.4. The van der Waals surface area contributed by atoms with Gasteiger partial charge in [-0.2, -0.15) is 13.2 Å². The van der Waals surface area contributed by atoms with Crippen LogP contribution in [0.4, 0.5) is 22.0 Å². The van der Waals surface area contributed by atoms with Crippen LogP contribution >= 0.6 is 0 Å². The normalized spacial score (nSPS) is 21.9. The van der Waals surface area contributed by atoms with Crippen LogP contribution in [0.5, 0.6) is 0 Å². The first-order valence-electron chi connectivity index (χ1n) is 12.3. The van der Waals surface area contributed by atoms with E-state index in [1.807, 2.05) is 4.90 Å². The molecule has 0 saturated carbocycles. The zero-order valence-electron chi connectivity index (χ0n) is 21.7. The van der Waals surface area contributed by atoms with Gasteiger partial charge in [-0.25, -0.2) is 8.78 Å². The summed E-state index contributed by atoms with van der Waals surface area (Å²) in [6.45, 7) is 12.7. The molecule has 1 aliphatic heterocycles. The van der Waals surface area contributed by atoms with E-state index in [0.29, 0.717) is 5.56 Å². The van der Waals surface area contributed by atoms with E-state index in [0.717, 1.165) is 37.8 Å².